The minimum Gasteiger partial charge on any atom is -0.329 e. The van der Waals surface area contributed by atoms with E-state index in [1.165, 1.54) is 23.6 Å². The molecule has 2 aliphatic rings. The van der Waals surface area contributed by atoms with Crippen molar-refractivity contribution in [3.8, 4) is 11.1 Å². The SMILES string of the molecule is CC(Cn1cnc2c(c(-c3ccc(F)c(Cl)c3)cn2C2CC2)c1=O)=C1CCC1. The average molecular weight is 398 g/mol. The Kier molecular flexibility index (Phi) is 4.16. The van der Waals surface area contributed by atoms with Crippen LogP contribution in [0.2, 0.25) is 5.02 Å². The first kappa shape index (κ1) is 17.7. The molecule has 2 aromatic heterocycles. The lowest BCUT2D eigenvalue weighted by Crippen LogP contribution is -2.22. The van der Waals surface area contributed by atoms with Crippen LogP contribution < -0.4 is 5.56 Å². The van der Waals surface area contributed by atoms with Gasteiger partial charge in [0.1, 0.15) is 17.8 Å². The Balaban J connectivity index is 1.69. The monoisotopic (exact) mass is 397 g/mol. The van der Waals surface area contributed by atoms with E-state index >= 15 is 0 Å². The first-order chi connectivity index (χ1) is 13.5. The Morgan fingerprint density at radius 1 is 1.32 bits per heavy atom. The predicted octanol–water partition coefficient (Wildman–Crippen LogP) is 5.49. The molecular weight excluding hydrogens is 377 g/mol. The summed E-state index contributed by atoms with van der Waals surface area (Å²) in [5.41, 5.74) is 4.86. The number of halogens is 2. The van der Waals surface area contributed by atoms with Crippen molar-refractivity contribution in [2.24, 2.45) is 0 Å². The second-order valence-electron chi connectivity index (χ2n) is 7.92. The van der Waals surface area contributed by atoms with Gasteiger partial charge in [0.15, 0.2) is 0 Å². The fourth-order valence-electron chi connectivity index (χ4n) is 3.95. The van der Waals surface area contributed by atoms with Gasteiger partial charge in [0.2, 0.25) is 0 Å². The zero-order valence-electron chi connectivity index (χ0n) is 15.7. The third-order valence-electron chi connectivity index (χ3n) is 5.94. The fraction of sp³-hybridized carbons (Fsp3) is 0.364. The first-order valence-electron chi connectivity index (χ1n) is 9.76. The number of rotatable bonds is 4. The van der Waals surface area contributed by atoms with E-state index < -0.39 is 5.82 Å². The van der Waals surface area contributed by atoms with Crippen LogP contribution >= 0.6 is 11.6 Å². The summed E-state index contributed by atoms with van der Waals surface area (Å²) < 4.78 is 17.4. The fourth-order valence-corrected chi connectivity index (χ4v) is 4.13. The molecule has 6 heteroatoms. The van der Waals surface area contributed by atoms with Gasteiger partial charge in [0.05, 0.1) is 10.4 Å². The molecule has 144 valence electrons. The van der Waals surface area contributed by atoms with Crippen molar-refractivity contribution in [1.82, 2.24) is 14.1 Å². The number of benzene rings is 1. The van der Waals surface area contributed by atoms with Gasteiger partial charge >= 0.3 is 0 Å². The average Bonchev–Trinajstić information content (AvgIpc) is 3.39. The number of allylic oxidation sites excluding steroid dienone is 2. The van der Waals surface area contributed by atoms with E-state index in [1.54, 1.807) is 23.0 Å². The maximum absolute atomic E-state index is 13.7. The normalized spacial score (nSPS) is 16.5. The third-order valence-corrected chi connectivity index (χ3v) is 6.23. The van der Waals surface area contributed by atoms with Crippen LogP contribution in [0.5, 0.6) is 0 Å². The van der Waals surface area contributed by atoms with Gasteiger partial charge in [0, 0.05) is 24.3 Å². The molecule has 0 N–H and O–H groups in total. The highest BCUT2D eigenvalue weighted by Gasteiger charge is 2.28. The summed E-state index contributed by atoms with van der Waals surface area (Å²) in [7, 11) is 0. The highest BCUT2D eigenvalue weighted by molar-refractivity contribution is 6.31. The van der Waals surface area contributed by atoms with E-state index in [-0.39, 0.29) is 10.6 Å². The molecule has 2 fully saturated rings. The van der Waals surface area contributed by atoms with Gasteiger partial charge in [-0.2, -0.15) is 0 Å². The van der Waals surface area contributed by atoms with E-state index in [0.29, 0.717) is 23.6 Å². The van der Waals surface area contributed by atoms with Gasteiger partial charge in [-0.25, -0.2) is 9.37 Å². The van der Waals surface area contributed by atoms with Crippen molar-refractivity contribution >= 4 is 22.6 Å². The molecule has 3 aromatic rings. The molecule has 2 heterocycles. The predicted molar refractivity (Wildman–Crippen MR) is 109 cm³/mol. The quantitative estimate of drug-likeness (QED) is 0.546. The second kappa shape index (κ2) is 6.59. The van der Waals surface area contributed by atoms with Crippen molar-refractivity contribution in [1.29, 1.82) is 0 Å². The molecule has 0 unspecified atom stereocenters. The lowest BCUT2D eigenvalue weighted by atomic mass is 9.88. The molecular formula is C22H21ClFN3O. The molecule has 0 aliphatic heterocycles. The highest BCUT2D eigenvalue weighted by Crippen LogP contribution is 2.40. The Morgan fingerprint density at radius 2 is 2.11 bits per heavy atom. The molecule has 2 saturated carbocycles. The van der Waals surface area contributed by atoms with Crippen LogP contribution in [0.15, 0.2) is 46.7 Å². The number of hydrogen-bond donors (Lipinski definition) is 0. The molecule has 1 aromatic carbocycles. The Bertz CT molecular complexity index is 1180. The van der Waals surface area contributed by atoms with E-state index in [9.17, 15) is 9.18 Å². The van der Waals surface area contributed by atoms with E-state index in [1.807, 2.05) is 6.20 Å². The van der Waals surface area contributed by atoms with Crippen LogP contribution in [-0.2, 0) is 6.54 Å². The van der Waals surface area contributed by atoms with Crippen molar-refractivity contribution in [2.45, 2.75) is 51.6 Å². The van der Waals surface area contributed by atoms with Crippen LogP contribution in [0.3, 0.4) is 0 Å². The first-order valence-corrected chi connectivity index (χ1v) is 10.1. The lowest BCUT2D eigenvalue weighted by Gasteiger charge is -2.20. The molecule has 0 atom stereocenters. The van der Waals surface area contributed by atoms with Crippen LogP contribution in [-0.4, -0.2) is 14.1 Å². The Hall–Kier alpha value is -2.40. The molecule has 4 nitrogen and oxygen atoms in total. The molecule has 0 spiro atoms. The summed E-state index contributed by atoms with van der Waals surface area (Å²) in [6.45, 7) is 2.66. The van der Waals surface area contributed by atoms with Crippen LogP contribution in [0.1, 0.15) is 45.1 Å². The van der Waals surface area contributed by atoms with Crippen molar-refractivity contribution < 1.29 is 4.39 Å². The van der Waals surface area contributed by atoms with E-state index in [4.69, 9.17) is 11.6 Å². The summed E-state index contributed by atoms with van der Waals surface area (Å²) >= 11 is 6.01. The van der Waals surface area contributed by atoms with Gasteiger partial charge in [-0.3, -0.25) is 9.36 Å². The van der Waals surface area contributed by atoms with Crippen molar-refractivity contribution in [2.75, 3.05) is 0 Å². The van der Waals surface area contributed by atoms with Gasteiger partial charge in [-0.05, 0) is 56.7 Å². The lowest BCUT2D eigenvalue weighted by molar-refractivity contribution is 0.624. The minimum atomic E-state index is -0.463. The topological polar surface area (TPSA) is 39.8 Å². The highest BCUT2D eigenvalue weighted by atomic mass is 35.5. The van der Waals surface area contributed by atoms with Crippen molar-refractivity contribution in [3.05, 3.63) is 63.1 Å². The number of nitrogens with zero attached hydrogens (tertiary/aromatic N) is 3. The summed E-state index contributed by atoms with van der Waals surface area (Å²) in [5, 5.41) is 0.642. The van der Waals surface area contributed by atoms with Crippen LogP contribution in [0.25, 0.3) is 22.2 Å². The number of hydrogen-bond acceptors (Lipinski definition) is 2. The smallest absolute Gasteiger partial charge is 0.263 e. The maximum atomic E-state index is 13.7. The number of fused-ring (bicyclic) bond motifs is 1. The largest absolute Gasteiger partial charge is 0.329 e. The van der Waals surface area contributed by atoms with Crippen LogP contribution in [0.4, 0.5) is 4.39 Å². The van der Waals surface area contributed by atoms with E-state index in [2.05, 4.69) is 16.5 Å². The zero-order valence-corrected chi connectivity index (χ0v) is 16.5. The second-order valence-corrected chi connectivity index (χ2v) is 8.33. The number of aromatic nitrogens is 3. The summed E-state index contributed by atoms with van der Waals surface area (Å²) in [5.74, 6) is -0.463. The Labute approximate surface area is 167 Å². The Morgan fingerprint density at radius 3 is 2.75 bits per heavy atom. The molecule has 0 amide bonds. The van der Waals surface area contributed by atoms with Gasteiger partial charge in [-0.15, -0.1) is 0 Å². The van der Waals surface area contributed by atoms with Crippen molar-refractivity contribution in [3.63, 3.8) is 0 Å². The van der Waals surface area contributed by atoms with E-state index in [0.717, 1.165) is 36.8 Å². The minimum absolute atomic E-state index is 0.0552. The molecule has 2 aliphatic carbocycles. The molecule has 0 bridgehead atoms. The molecule has 0 saturated heterocycles. The summed E-state index contributed by atoms with van der Waals surface area (Å²) in [4.78, 5) is 18.0. The molecule has 0 radical (unpaired) electrons. The summed E-state index contributed by atoms with van der Waals surface area (Å²) in [6.07, 6.45) is 9.31. The standard InChI is InChI=1S/C22H21ClFN3O/c1-13(14-3-2-4-14)10-26-12-25-21-20(22(26)28)17(11-27(21)16-6-7-16)15-5-8-19(24)18(23)9-15/h5,8-9,11-12,16H,2-4,6-7,10H2,1H3. The van der Waals surface area contributed by atoms with Crippen LogP contribution in [0, 0.1) is 5.82 Å². The van der Waals surface area contributed by atoms with Gasteiger partial charge in [-0.1, -0.05) is 28.8 Å². The van der Waals surface area contributed by atoms with Gasteiger partial charge < -0.3 is 4.57 Å². The maximum Gasteiger partial charge on any atom is 0.263 e. The molecule has 5 rings (SSSR count). The van der Waals surface area contributed by atoms with Gasteiger partial charge in [0.25, 0.3) is 5.56 Å². The summed E-state index contributed by atoms with van der Waals surface area (Å²) in [6, 6.07) is 4.99. The molecule has 28 heavy (non-hydrogen) atoms. The zero-order chi connectivity index (χ0) is 19.4. The third kappa shape index (κ3) is 2.89.